The average Bonchev–Trinajstić information content (AvgIpc) is 2.69. The van der Waals surface area contributed by atoms with Crippen molar-refractivity contribution in [2.75, 3.05) is 43.1 Å². The van der Waals surface area contributed by atoms with Crippen LogP contribution in [-0.4, -0.2) is 38.9 Å². The first-order valence-electron chi connectivity index (χ1n) is 9.41. The van der Waals surface area contributed by atoms with E-state index in [2.05, 4.69) is 29.4 Å². The van der Waals surface area contributed by atoms with Crippen LogP contribution in [-0.2, 0) is 0 Å². The third kappa shape index (κ3) is 6.73. The SMILES string of the molecule is CCOc1ccc(OCCNC(=O)Nc2ccc(N(CC)CC)cc2)cc1. The van der Waals surface area contributed by atoms with E-state index in [1.807, 2.05) is 55.5 Å². The summed E-state index contributed by atoms with van der Waals surface area (Å²) in [6.07, 6.45) is 0. The molecule has 146 valence electrons. The zero-order chi connectivity index (χ0) is 19.5. The van der Waals surface area contributed by atoms with Crippen LogP contribution in [0.5, 0.6) is 11.5 Å². The van der Waals surface area contributed by atoms with E-state index >= 15 is 0 Å². The molecule has 0 radical (unpaired) electrons. The molecule has 0 aliphatic rings. The van der Waals surface area contributed by atoms with Gasteiger partial charge in [0.05, 0.1) is 13.2 Å². The second-order valence-electron chi connectivity index (χ2n) is 5.85. The van der Waals surface area contributed by atoms with Gasteiger partial charge in [-0.2, -0.15) is 0 Å². The molecule has 0 heterocycles. The van der Waals surface area contributed by atoms with Crippen LogP contribution in [0, 0.1) is 0 Å². The van der Waals surface area contributed by atoms with E-state index in [-0.39, 0.29) is 6.03 Å². The summed E-state index contributed by atoms with van der Waals surface area (Å²) in [4.78, 5) is 14.2. The molecule has 2 aromatic carbocycles. The standard InChI is InChI=1S/C21H29N3O3/c1-4-24(5-2)18-9-7-17(8-10-18)23-21(25)22-15-16-27-20-13-11-19(12-14-20)26-6-3/h7-14H,4-6,15-16H2,1-3H3,(H2,22,23,25). The third-order valence-electron chi connectivity index (χ3n) is 4.04. The molecule has 0 fully saturated rings. The number of carbonyl (C=O) groups is 1. The number of benzene rings is 2. The maximum atomic E-state index is 12.0. The van der Waals surface area contributed by atoms with Crippen molar-refractivity contribution < 1.29 is 14.3 Å². The Morgan fingerprint density at radius 1 is 0.889 bits per heavy atom. The highest BCUT2D eigenvalue weighted by molar-refractivity contribution is 5.89. The van der Waals surface area contributed by atoms with Crippen molar-refractivity contribution in [1.29, 1.82) is 0 Å². The van der Waals surface area contributed by atoms with Gasteiger partial charge in [-0.1, -0.05) is 0 Å². The van der Waals surface area contributed by atoms with Crippen LogP contribution in [0.15, 0.2) is 48.5 Å². The average molecular weight is 371 g/mol. The van der Waals surface area contributed by atoms with E-state index in [0.717, 1.165) is 36.0 Å². The first-order chi connectivity index (χ1) is 13.2. The largest absolute Gasteiger partial charge is 0.494 e. The van der Waals surface area contributed by atoms with E-state index in [0.29, 0.717) is 19.8 Å². The molecule has 0 saturated carbocycles. The number of anilines is 2. The van der Waals surface area contributed by atoms with E-state index in [9.17, 15) is 4.79 Å². The number of ether oxygens (including phenoxy) is 2. The molecule has 0 unspecified atom stereocenters. The Morgan fingerprint density at radius 2 is 1.48 bits per heavy atom. The fourth-order valence-corrected chi connectivity index (χ4v) is 2.65. The Hall–Kier alpha value is -2.89. The van der Waals surface area contributed by atoms with Crippen LogP contribution in [0.1, 0.15) is 20.8 Å². The normalized spacial score (nSPS) is 10.2. The van der Waals surface area contributed by atoms with Crippen molar-refractivity contribution in [1.82, 2.24) is 5.32 Å². The van der Waals surface area contributed by atoms with Crippen molar-refractivity contribution >= 4 is 17.4 Å². The lowest BCUT2D eigenvalue weighted by Gasteiger charge is -2.21. The molecule has 2 aromatic rings. The first-order valence-corrected chi connectivity index (χ1v) is 9.41. The molecule has 2 rings (SSSR count). The van der Waals surface area contributed by atoms with Crippen LogP contribution in [0.3, 0.4) is 0 Å². The van der Waals surface area contributed by atoms with Gasteiger partial charge in [0.15, 0.2) is 0 Å². The minimum absolute atomic E-state index is 0.249. The van der Waals surface area contributed by atoms with Crippen LogP contribution in [0.4, 0.5) is 16.2 Å². The number of urea groups is 1. The highest BCUT2D eigenvalue weighted by Crippen LogP contribution is 2.18. The Bertz CT molecular complexity index is 683. The fraction of sp³-hybridized carbons (Fsp3) is 0.381. The summed E-state index contributed by atoms with van der Waals surface area (Å²) in [6.45, 7) is 9.55. The number of amides is 2. The van der Waals surface area contributed by atoms with Crippen LogP contribution >= 0.6 is 0 Å². The summed E-state index contributed by atoms with van der Waals surface area (Å²) in [7, 11) is 0. The highest BCUT2D eigenvalue weighted by atomic mass is 16.5. The van der Waals surface area contributed by atoms with Crippen molar-refractivity contribution in [2.45, 2.75) is 20.8 Å². The minimum atomic E-state index is -0.249. The quantitative estimate of drug-likeness (QED) is 0.617. The molecule has 0 bridgehead atoms. The summed E-state index contributed by atoms with van der Waals surface area (Å²) < 4.78 is 11.0. The van der Waals surface area contributed by atoms with Gasteiger partial charge >= 0.3 is 6.03 Å². The van der Waals surface area contributed by atoms with Gasteiger partial charge in [0.1, 0.15) is 18.1 Å². The molecular formula is C21H29N3O3. The van der Waals surface area contributed by atoms with Crippen molar-refractivity contribution in [2.24, 2.45) is 0 Å². The van der Waals surface area contributed by atoms with Gasteiger partial charge in [-0.3, -0.25) is 0 Å². The van der Waals surface area contributed by atoms with Crippen LogP contribution in [0.25, 0.3) is 0 Å². The maximum absolute atomic E-state index is 12.0. The van der Waals surface area contributed by atoms with Gasteiger partial charge in [0.2, 0.25) is 0 Å². The molecule has 2 amide bonds. The number of hydrogen-bond acceptors (Lipinski definition) is 4. The molecule has 0 saturated heterocycles. The number of hydrogen-bond donors (Lipinski definition) is 2. The van der Waals surface area contributed by atoms with Gasteiger partial charge in [0, 0.05) is 24.5 Å². The Kier molecular flexibility index (Phi) is 8.29. The smallest absolute Gasteiger partial charge is 0.319 e. The summed E-state index contributed by atoms with van der Waals surface area (Å²) >= 11 is 0. The Balaban J connectivity index is 1.70. The third-order valence-corrected chi connectivity index (χ3v) is 4.04. The molecule has 0 atom stereocenters. The Labute approximate surface area is 161 Å². The van der Waals surface area contributed by atoms with Crippen molar-refractivity contribution in [3.63, 3.8) is 0 Å². The zero-order valence-corrected chi connectivity index (χ0v) is 16.3. The predicted octanol–water partition coefficient (Wildman–Crippen LogP) is 4.13. The van der Waals surface area contributed by atoms with Crippen molar-refractivity contribution in [3.05, 3.63) is 48.5 Å². The fourth-order valence-electron chi connectivity index (χ4n) is 2.65. The van der Waals surface area contributed by atoms with Crippen LogP contribution in [0.2, 0.25) is 0 Å². The topological polar surface area (TPSA) is 62.8 Å². The lowest BCUT2D eigenvalue weighted by molar-refractivity contribution is 0.247. The highest BCUT2D eigenvalue weighted by Gasteiger charge is 2.04. The van der Waals surface area contributed by atoms with Gasteiger partial charge < -0.3 is 25.0 Å². The van der Waals surface area contributed by atoms with Crippen LogP contribution < -0.4 is 25.0 Å². The molecule has 6 heteroatoms. The monoisotopic (exact) mass is 371 g/mol. The molecule has 2 N–H and O–H groups in total. The predicted molar refractivity (Wildman–Crippen MR) is 110 cm³/mol. The second-order valence-corrected chi connectivity index (χ2v) is 5.85. The summed E-state index contributed by atoms with van der Waals surface area (Å²) in [5, 5.41) is 5.61. The lowest BCUT2D eigenvalue weighted by Crippen LogP contribution is -2.32. The van der Waals surface area contributed by atoms with E-state index in [1.165, 1.54) is 0 Å². The number of nitrogens with one attached hydrogen (secondary N) is 2. The zero-order valence-electron chi connectivity index (χ0n) is 16.3. The number of rotatable bonds is 10. The van der Waals surface area contributed by atoms with Gasteiger partial charge in [-0.05, 0) is 69.3 Å². The molecule has 0 aliphatic carbocycles. The van der Waals surface area contributed by atoms with Gasteiger partial charge in [0.25, 0.3) is 0 Å². The van der Waals surface area contributed by atoms with Gasteiger partial charge in [-0.25, -0.2) is 4.79 Å². The van der Waals surface area contributed by atoms with E-state index in [4.69, 9.17) is 9.47 Å². The maximum Gasteiger partial charge on any atom is 0.319 e. The van der Waals surface area contributed by atoms with Gasteiger partial charge in [-0.15, -0.1) is 0 Å². The summed E-state index contributed by atoms with van der Waals surface area (Å²) in [6, 6.07) is 15.0. The van der Waals surface area contributed by atoms with E-state index in [1.54, 1.807) is 0 Å². The first kappa shape index (κ1) is 20.4. The molecule has 0 aromatic heterocycles. The van der Waals surface area contributed by atoms with Crippen molar-refractivity contribution in [3.8, 4) is 11.5 Å². The molecule has 0 spiro atoms. The number of carbonyl (C=O) groups excluding carboxylic acids is 1. The number of nitrogens with zero attached hydrogens (tertiary/aromatic N) is 1. The van der Waals surface area contributed by atoms with E-state index < -0.39 is 0 Å². The summed E-state index contributed by atoms with van der Waals surface area (Å²) in [5.74, 6) is 1.56. The Morgan fingerprint density at radius 3 is 2.04 bits per heavy atom. The summed E-state index contributed by atoms with van der Waals surface area (Å²) in [5.41, 5.74) is 1.91. The molecule has 6 nitrogen and oxygen atoms in total. The molecule has 27 heavy (non-hydrogen) atoms. The minimum Gasteiger partial charge on any atom is -0.494 e. The second kappa shape index (κ2) is 11.0. The molecule has 0 aliphatic heterocycles. The molecular weight excluding hydrogens is 342 g/mol. The lowest BCUT2D eigenvalue weighted by atomic mass is 10.2.